The molecule has 0 fully saturated rings. The van der Waals surface area contributed by atoms with Gasteiger partial charge in [0.2, 0.25) is 0 Å². The maximum atomic E-state index is 13.3. The number of rotatable bonds is 6. The smallest absolute Gasteiger partial charge is 0.268 e. The van der Waals surface area contributed by atoms with Gasteiger partial charge in [-0.25, -0.2) is 4.21 Å². The van der Waals surface area contributed by atoms with Crippen LogP contribution in [0.4, 0.5) is 0 Å². The molecule has 31 heavy (non-hydrogen) atoms. The van der Waals surface area contributed by atoms with E-state index in [9.17, 15) is 9.00 Å². The van der Waals surface area contributed by atoms with Crippen LogP contribution in [0.1, 0.15) is 21.7 Å². The van der Waals surface area contributed by atoms with Crippen molar-refractivity contribution in [3.8, 4) is 5.75 Å². The van der Waals surface area contributed by atoms with Gasteiger partial charge in [-0.05, 0) is 37.3 Å². The molecule has 0 aliphatic carbocycles. The third-order valence-corrected chi connectivity index (χ3v) is 6.98. The van der Waals surface area contributed by atoms with Crippen molar-refractivity contribution in [1.82, 2.24) is 19.7 Å². The van der Waals surface area contributed by atoms with Gasteiger partial charge in [-0.1, -0.05) is 18.2 Å². The predicted octanol–water partition coefficient (Wildman–Crippen LogP) is 3.33. The maximum Gasteiger partial charge on any atom is 0.268 e. The van der Waals surface area contributed by atoms with Gasteiger partial charge in [-0.2, -0.15) is 5.10 Å². The van der Waals surface area contributed by atoms with Crippen LogP contribution in [0.5, 0.6) is 5.75 Å². The predicted molar refractivity (Wildman–Crippen MR) is 120 cm³/mol. The van der Waals surface area contributed by atoms with Crippen molar-refractivity contribution in [3.63, 3.8) is 0 Å². The molecule has 160 valence electrons. The van der Waals surface area contributed by atoms with Gasteiger partial charge < -0.3 is 14.6 Å². The second kappa shape index (κ2) is 8.39. The molecule has 1 N–H and O–H groups in total. The molecule has 1 amide bonds. The zero-order chi connectivity index (χ0) is 22.1. The third-order valence-electron chi connectivity index (χ3n) is 5.48. The molecule has 0 spiro atoms. The largest absolute Gasteiger partial charge is 0.496 e. The van der Waals surface area contributed by atoms with E-state index in [1.54, 1.807) is 35.7 Å². The fourth-order valence-electron chi connectivity index (χ4n) is 3.58. The van der Waals surface area contributed by atoms with Gasteiger partial charge in [0.25, 0.3) is 5.91 Å². The number of carbonyl (C=O) groups is 1. The molecule has 7 nitrogen and oxygen atoms in total. The van der Waals surface area contributed by atoms with Crippen LogP contribution in [0, 0.1) is 6.92 Å². The number of benzene rings is 2. The Balaban J connectivity index is 1.58. The maximum absolute atomic E-state index is 13.3. The number of methoxy groups -OCH3 is 1. The normalized spacial score (nSPS) is 12.1. The zero-order valence-corrected chi connectivity index (χ0v) is 18.7. The molecule has 2 aromatic carbocycles. The molecule has 1 atom stereocenters. The molecular formula is C23H24N4O3S. The van der Waals surface area contributed by atoms with Crippen LogP contribution in [0.3, 0.4) is 0 Å². The Labute approximate surface area is 183 Å². The highest BCUT2D eigenvalue weighted by Crippen LogP contribution is 2.26. The minimum Gasteiger partial charge on any atom is -0.496 e. The SMILES string of the molecule is COc1ccccc1CNC(=O)c1cc(S(=O)c2ccc3c(cnn3C)c2)c(C)n1C. The first kappa shape index (κ1) is 20.9. The van der Waals surface area contributed by atoms with Gasteiger partial charge in [0.1, 0.15) is 11.4 Å². The summed E-state index contributed by atoms with van der Waals surface area (Å²) in [6.07, 6.45) is 1.75. The lowest BCUT2D eigenvalue weighted by Crippen LogP contribution is -2.25. The van der Waals surface area contributed by atoms with Crippen molar-refractivity contribution < 1.29 is 13.7 Å². The molecule has 4 aromatic rings. The molecule has 1 unspecified atom stereocenters. The van der Waals surface area contributed by atoms with Crippen LogP contribution in [-0.2, 0) is 31.4 Å². The summed E-state index contributed by atoms with van der Waals surface area (Å²) in [5.74, 6) is 0.487. The second-order valence-corrected chi connectivity index (χ2v) is 8.74. The molecule has 8 heteroatoms. The third kappa shape index (κ3) is 3.86. The average molecular weight is 437 g/mol. The van der Waals surface area contributed by atoms with E-state index in [-0.39, 0.29) is 5.91 Å². The number of carbonyl (C=O) groups excluding carboxylic acids is 1. The number of para-hydroxylation sites is 1. The van der Waals surface area contributed by atoms with Crippen LogP contribution in [0.15, 0.2) is 64.5 Å². The fourth-order valence-corrected chi connectivity index (χ4v) is 4.88. The molecule has 0 bridgehead atoms. The van der Waals surface area contributed by atoms with Gasteiger partial charge in [0.15, 0.2) is 0 Å². The minimum atomic E-state index is -1.41. The van der Waals surface area contributed by atoms with E-state index in [0.717, 1.165) is 27.9 Å². The first-order chi connectivity index (χ1) is 14.9. The number of hydrogen-bond donors (Lipinski definition) is 1. The number of aryl methyl sites for hydroxylation is 1. The van der Waals surface area contributed by atoms with Gasteiger partial charge >= 0.3 is 0 Å². The van der Waals surface area contributed by atoms with Crippen molar-refractivity contribution >= 4 is 27.6 Å². The molecule has 2 heterocycles. The van der Waals surface area contributed by atoms with E-state index in [4.69, 9.17) is 4.74 Å². The molecule has 0 aliphatic heterocycles. The molecule has 0 saturated carbocycles. The lowest BCUT2D eigenvalue weighted by atomic mass is 10.2. The highest BCUT2D eigenvalue weighted by Gasteiger charge is 2.20. The summed E-state index contributed by atoms with van der Waals surface area (Å²) in [6, 6.07) is 14.9. The average Bonchev–Trinajstić information content (AvgIpc) is 3.31. The molecule has 0 radical (unpaired) electrons. The lowest BCUT2D eigenvalue weighted by Gasteiger charge is -2.10. The Hall–Kier alpha value is -3.39. The Morgan fingerprint density at radius 3 is 2.71 bits per heavy atom. The van der Waals surface area contributed by atoms with E-state index in [0.29, 0.717) is 22.0 Å². The number of amides is 1. The number of nitrogens with one attached hydrogen (secondary N) is 1. The van der Waals surface area contributed by atoms with Crippen LogP contribution < -0.4 is 10.1 Å². The zero-order valence-electron chi connectivity index (χ0n) is 17.9. The quantitative estimate of drug-likeness (QED) is 0.503. The molecule has 0 saturated heterocycles. The van der Waals surface area contributed by atoms with Crippen LogP contribution >= 0.6 is 0 Å². The minimum absolute atomic E-state index is 0.234. The lowest BCUT2D eigenvalue weighted by molar-refractivity contribution is 0.0942. The van der Waals surface area contributed by atoms with Gasteiger partial charge in [-0.15, -0.1) is 0 Å². The Bertz CT molecular complexity index is 1310. The summed E-state index contributed by atoms with van der Waals surface area (Å²) in [4.78, 5) is 14.2. The van der Waals surface area contributed by atoms with Crippen LogP contribution in [0.25, 0.3) is 10.9 Å². The summed E-state index contributed by atoms with van der Waals surface area (Å²) < 4.78 is 22.2. The van der Waals surface area contributed by atoms with Gasteiger partial charge in [-0.3, -0.25) is 9.48 Å². The van der Waals surface area contributed by atoms with E-state index >= 15 is 0 Å². The number of hydrogen-bond acceptors (Lipinski definition) is 4. The molecule has 2 aromatic heterocycles. The summed E-state index contributed by atoms with van der Waals surface area (Å²) in [5, 5.41) is 8.09. The number of nitrogens with zero attached hydrogens (tertiary/aromatic N) is 3. The first-order valence-electron chi connectivity index (χ1n) is 9.80. The summed E-state index contributed by atoms with van der Waals surface area (Å²) in [6.45, 7) is 2.20. The van der Waals surface area contributed by atoms with Crippen molar-refractivity contribution in [2.24, 2.45) is 14.1 Å². The van der Waals surface area contributed by atoms with Gasteiger partial charge in [0, 0.05) is 42.2 Å². The molecular weight excluding hydrogens is 412 g/mol. The van der Waals surface area contributed by atoms with E-state index in [1.165, 1.54) is 0 Å². The summed E-state index contributed by atoms with van der Waals surface area (Å²) >= 11 is 0. The van der Waals surface area contributed by atoms with Crippen LogP contribution in [-0.4, -0.2) is 31.6 Å². The second-order valence-electron chi connectivity index (χ2n) is 7.29. The fraction of sp³-hybridized carbons (Fsp3) is 0.217. The monoisotopic (exact) mass is 436 g/mol. The first-order valence-corrected chi connectivity index (χ1v) is 11.0. The number of fused-ring (bicyclic) bond motifs is 1. The van der Waals surface area contributed by atoms with Crippen molar-refractivity contribution in [3.05, 3.63) is 71.7 Å². The topological polar surface area (TPSA) is 78.2 Å². The summed E-state index contributed by atoms with van der Waals surface area (Å²) in [7, 11) is 3.86. The van der Waals surface area contributed by atoms with E-state index in [1.807, 2.05) is 56.4 Å². The Kier molecular flexibility index (Phi) is 5.65. The number of ether oxygens (including phenoxy) is 1. The van der Waals surface area contributed by atoms with Gasteiger partial charge in [0.05, 0.1) is 34.5 Å². The van der Waals surface area contributed by atoms with Crippen LogP contribution in [0.2, 0.25) is 0 Å². The summed E-state index contributed by atoms with van der Waals surface area (Å²) in [5.41, 5.74) is 3.10. The van der Waals surface area contributed by atoms with Crippen molar-refractivity contribution in [1.29, 1.82) is 0 Å². The van der Waals surface area contributed by atoms with E-state index in [2.05, 4.69) is 10.4 Å². The standard InChI is InChI=1S/C23H24N4O3S/c1-15-22(31(29)18-9-10-19-17(11-18)14-25-27(19)3)12-20(26(15)2)23(28)24-13-16-7-5-6-8-21(16)30-4/h5-12,14H,13H2,1-4H3,(H,24,28). The van der Waals surface area contributed by atoms with Crippen molar-refractivity contribution in [2.45, 2.75) is 23.3 Å². The Morgan fingerprint density at radius 2 is 1.94 bits per heavy atom. The molecule has 4 rings (SSSR count). The Morgan fingerprint density at radius 1 is 1.16 bits per heavy atom. The van der Waals surface area contributed by atoms with Crippen molar-refractivity contribution in [2.75, 3.05) is 7.11 Å². The van der Waals surface area contributed by atoms with E-state index < -0.39 is 10.8 Å². The molecule has 0 aliphatic rings. The highest BCUT2D eigenvalue weighted by atomic mass is 32.2. The number of aromatic nitrogens is 3. The highest BCUT2D eigenvalue weighted by molar-refractivity contribution is 7.85.